The number of nitrogens with zero attached hydrogens (tertiary/aromatic N) is 3. The predicted octanol–water partition coefficient (Wildman–Crippen LogP) is 2.56. The van der Waals surface area contributed by atoms with Gasteiger partial charge in [-0.1, -0.05) is 12.1 Å². The van der Waals surface area contributed by atoms with Gasteiger partial charge in [-0.2, -0.15) is 5.10 Å². The summed E-state index contributed by atoms with van der Waals surface area (Å²) in [6.45, 7) is 0. The number of H-pyrrole nitrogens is 1. The van der Waals surface area contributed by atoms with Crippen LogP contribution >= 0.6 is 0 Å². The van der Waals surface area contributed by atoms with Gasteiger partial charge in [-0.15, -0.1) is 0 Å². The highest BCUT2D eigenvalue weighted by Crippen LogP contribution is 2.29. The molecule has 0 atom stereocenters. The number of nitrogens with two attached hydrogens (primary N) is 1. The summed E-state index contributed by atoms with van der Waals surface area (Å²) in [6, 6.07) is 6.39. The Bertz CT molecular complexity index is 807. The van der Waals surface area contributed by atoms with Crippen LogP contribution in [0.25, 0.3) is 11.2 Å². The SMILES string of the molecule is Nc1[nH]nc2nc(Nc3cccc4c3CCCC4)cnc12. The van der Waals surface area contributed by atoms with Crippen molar-refractivity contribution in [1.29, 1.82) is 0 Å². The van der Waals surface area contributed by atoms with Crippen molar-refractivity contribution in [2.24, 2.45) is 0 Å². The van der Waals surface area contributed by atoms with E-state index < -0.39 is 0 Å². The largest absolute Gasteiger partial charge is 0.382 e. The summed E-state index contributed by atoms with van der Waals surface area (Å²) in [5.74, 6) is 1.13. The van der Waals surface area contributed by atoms with Crippen molar-refractivity contribution in [1.82, 2.24) is 20.2 Å². The average Bonchev–Trinajstić information content (AvgIpc) is 2.89. The molecule has 106 valence electrons. The van der Waals surface area contributed by atoms with Crippen LogP contribution in [0.1, 0.15) is 24.0 Å². The Morgan fingerprint density at radius 1 is 1.19 bits per heavy atom. The fourth-order valence-corrected chi connectivity index (χ4v) is 2.91. The van der Waals surface area contributed by atoms with Gasteiger partial charge in [0.2, 0.25) is 5.65 Å². The first kappa shape index (κ1) is 12.1. The number of aromatic amines is 1. The van der Waals surface area contributed by atoms with Gasteiger partial charge in [0.25, 0.3) is 0 Å². The van der Waals surface area contributed by atoms with E-state index in [2.05, 4.69) is 43.7 Å². The van der Waals surface area contributed by atoms with Crippen LogP contribution in [0.5, 0.6) is 0 Å². The first-order valence-electron chi connectivity index (χ1n) is 7.15. The zero-order valence-electron chi connectivity index (χ0n) is 11.6. The highest BCUT2D eigenvalue weighted by molar-refractivity contribution is 5.82. The molecule has 1 aliphatic carbocycles. The lowest BCUT2D eigenvalue weighted by Crippen LogP contribution is -2.06. The molecule has 2 aromatic heterocycles. The van der Waals surface area contributed by atoms with E-state index >= 15 is 0 Å². The summed E-state index contributed by atoms with van der Waals surface area (Å²) in [4.78, 5) is 8.75. The number of hydrogen-bond acceptors (Lipinski definition) is 5. The van der Waals surface area contributed by atoms with Crippen molar-refractivity contribution in [3.8, 4) is 0 Å². The van der Waals surface area contributed by atoms with Crippen LogP contribution in [-0.4, -0.2) is 20.2 Å². The van der Waals surface area contributed by atoms with Gasteiger partial charge < -0.3 is 11.1 Å². The minimum Gasteiger partial charge on any atom is -0.382 e. The minimum absolute atomic E-state index is 0.446. The lowest BCUT2D eigenvalue weighted by molar-refractivity contribution is 0.687. The van der Waals surface area contributed by atoms with E-state index in [9.17, 15) is 0 Å². The summed E-state index contributed by atoms with van der Waals surface area (Å²) < 4.78 is 0. The Hall–Kier alpha value is -2.63. The van der Waals surface area contributed by atoms with Gasteiger partial charge in [0.1, 0.15) is 5.82 Å². The van der Waals surface area contributed by atoms with Crippen molar-refractivity contribution >= 4 is 28.5 Å². The number of benzene rings is 1. The molecule has 0 fully saturated rings. The summed E-state index contributed by atoms with van der Waals surface area (Å²) in [5, 5.41) is 10.1. The van der Waals surface area contributed by atoms with E-state index in [0.717, 1.165) is 18.5 Å². The second-order valence-corrected chi connectivity index (χ2v) is 5.34. The van der Waals surface area contributed by atoms with E-state index in [1.165, 1.54) is 24.0 Å². The van der Waals surface area contributed by atoms with Gasteiger partial charge in [-0.25, -0.2) is 9.97 Å². The third-order valence-electron chi connectivity index (χ3n) is 3.95. The molecule has 4 rings (SSSR count). The monoisotopic (exact) mass is 280 g/mol. The maximum atomic E-state index is 5.73. The molecule has 6 nitrogen and oxygen atoms in total. The predicted molar refractivity (Wildman–Crippen MR) is 82.5 cm³/mol. The molecule has 0 unspecified atom stereocenters. The smallest absolute Gasteiger partial charge is 0.203 e. The quantitative estimate of drug-likeness (QED) is 0.671. The van der Waals surface area contributed by atoms with E-state index in [0.29, 0.717) is 22.8 Å². The highest BCUT2D eigenvalue weighted by atomic mass is 15.2. The first-order chi connectivity index (χ1) is 10.3. The van der Waals surface area contributed by atoms with Crippen molar-refractivity contribution in [3.05, 3.63) is 35.5 Å². The standard InChI is InChI=1S/C15H16N6/c16-14-13-15(21-20-14)19-12(8-17-13)18-11-7-3-5-9-4-1-2-6-10(9)11/h3,5,7-8H,1-2,4,6H2,(H4,16,18,19,20,21). The van der Waals surface area contributed by atoms with Gasteiger partial charge in [-0.05, 0) is 42.9 Å². The molecule has 0 bridgehead atoms. The Balaban J connectivity index is 1.71. The van der Waals surface area contributed by atoms with E-state index in [-0.39, 0.29) is 0 Å². The normalized spacial score (nSPS) is 14.1. The summed E-state index contributed by atoms with van der Waals surface area (Å²) >= 11 is 0. The maximum absolute atomic E-state index is 5.73. The van der Waals surface area contributed by atoms with E-state index in [1.807, 2.05) is 0 Å². The van der Waals surface area contributed by atoms with Gasteiger partial charge >= 0.3 is 0 Å². The first-order valence-corrected chi connectivity index (χ1v) is 7.15. The summed E-state index contributed by atoms with van der Waals surface area (Å²) in [7, 11) is 0. The van der Waals surface area contributed by atoms with Crippen LogP contribution in [0.4, 0.5) is 17.3 Å². The van der Waals surface area contributed by atoms with Crippen molar-refractivity contribution in [2.45, 2.75) is 25.7 Å². The lowest BCUT2D eigenvalue weighted by Gasteiger charge is -2.19. The molecule has 0 radical (unpaired) electrons. The van der Waals surface area contributed by atoms with Crippen LogP contribution in [0, 0.1) is 0 Å². The summed E-state index contributed by atoms with van der Waals surface area (Å²) in [6.07, 6.45) is 6.48. The number of aromatic nitrogens is 4. The Kier molecular flexibility index (Phi) is 2.73. The Morgan fingerprint density at radius 2 is 2.10 bits per heavy atom. The molecular weight excluding hydrogens is 264 g/mol. The number of aryl methyl sites for hydroxylation is 1. The van der Waals surface area contributed by atoms with Crippen LogP contribution < -0.4 is 11.1 Å². The Morgan fingerprint density at radius 3 is 3.05 bits per heavy atom. The zero-order chi connectivity index (χ0) is 14.2. The van der Waals surface area contributed by atoms with Crippen molar-refractivity contribution in [3.63, 3.8) is 0 Å². The third-order valence-corrected chi connectivity index (χ3v) is 3.95. The minimum atomic E-state index is 0.446. The number of nitrogen functional groups attached to an aromatic ring is 1. The molecular formula is C15H16N6. The van der Waals surface area contributed by atoms with Crippen LogP contribution in [0.2, 0.25) is 0 Å². The maximum Gasteiger partial charge on any atom is 0.203 e. The molecule has 0 aliphatic heterocycles. The molecule has 4 N–H and O–H groups in total. The van der Waals surface area contributed by atoms with Crippen LogP contribution in [0.3, 0.4) is 0 Å². The summed E-state index contributed by atoms with van der Waals surface area (Å²) in [5.41, 5.74) is 10.8. The van der Waals surface area contributed by atoms with Gasteiger partial charge in [0.15, 0.2) is 11.3 Å². The van der Waals surface area contributed by atoms with Crippen molar-refractivity contribution in [2.75, 3.05) is 11.1 Å². The molecule has 0 amide bonds. The highest BCUT2D eigenvalue weighted by Gasteiger charge is 2.14. The molecule has 0 saturated carbocycles. The van der Waals surface area contributed by atoms with E-state index in [1.54, 1.807) is 6.20 Å². The zero-order valence-corrected chi connectivity index (χ0v) is 11.6. The van der Waals surface area contributed by atoms with Gasteiger partial charge in [0.05, 0.1) is 6.20 Å². The van der Waals surface area contributed by atoms with E-state index in [4.69, 9.17) is 5.73 Å². The second-order valence-electron chi connectivity index (χ2n) is 5.34. The number of anilines is 3. The van der Waals surface area contributed by atoms with Crippen molar-refractivity contribution < 1.29 is 0 Å². The molecule has 21 heavy (non-hydrogen) atoms. The molecule has 3 aromatic rings. The number of fused-ring (bicyclic) bond motifs is 2. The molecule has 0 spiro atoms. The molecule has 1 aromatic carbocycles. The second kappa shape index (κ2) is 4.73. The molecule has 0 saturated heterocycles. The molecule has 2 heterocycles. The molecule has 6 heteroatoms. The fourth-order valence-electron chi connectivity index (χ4n) is 2.91. The number of rotatable bonds is 2. The Labute approximate surface area is 121 Å². The number of nitrogens with one attached hydrogen (secondary N) is 2. The van der Waals surface area contributed by atoms with Gasteiger partial charge in [-0.3, -0.25) is 5.10 Å². The lowest BCUT2D eigenvalue weighted by atomic mass is 9.90. The van der Waals surface area contributed by atoms with Crippen LogP contribution in [0.15, 0.2) is 24.4 Å². The topological polar surface area (TPSA) is 92.5 Å². The van der Waals surface area contributed by atoms with Gasteiger partial charge in [0, 0.05) is 5.69 Å². The third kappa shape index (κ3) is 2.08. The average molecular weight is 280 g/mol. The van der Waals surface area contributed by atoms with Crippen LogP contribution in [-0.2, 0) is 12.8 Å². The fraction of sp³-hybridized carbons (Fsp3) is 0.267. The number of hydrogen-bond donors (Lipinski definition) is 3. The molecule has 1 aliphatic rings.